The summed E-state index contributed by atoms with van der Waals surface area (Å²) in [5, 5.41) is 0. The number of nitrogens with one attached hydrogen (secondary N) is 1. The summed E-state index contributed by atoms with van der Waals surface area (Å²) in [5.41, 5.74) is 0.897. The van der Waals surface area contributed by atoms with E-state index in [9.17, 15) is 4.79 Å². The van der Waals surface area contributed by atoms with Crippen LogP contribution in [0.5, 0.6) is 0 Å². The fraction of sp³-hybridized carbons (Fsp3) is 0.692. The summed E-state index contributed by atoms with van der Waals surface area (Å²) in [4.78, 5) is 24.3. The lowest BCUT2D eigenvalue weighted by Gasteiger charge is -2.37. The molecule has 1 saturated carbocycles. The second-order valence-corrected chi connectivity index (χ2v) is 6.48. The summed E-state index contributed by atoms with van der Waals surface area (Å²) in [6.07, 6.45) is 2.30. The molecule has 1 aliphatic heterocycles. The van der Waals surface area contributed by atoms with E-state index >= 15 is 0 Å². The topological polar surface area (TPSA) is 52.2 Å². The van der Waals surface area contributed by atoms with E-state index in [1.54, 1.807) is 0 Å². The third kappa shape index (κ3) is 2.61. The van der Waals surface area contributed by atoms with Crippen LogP contribution in [-0.2, 0) is 0 Å². The van der Waals surface area contributed by atoms with Crippen molar-refractivity contribution in [3.8, 4) is 0 Å². The zero-order valence-corrected chi connectivity index (χ0v) is 12.9. The quantitative estimate of drug-likeness (QED) is 0.890. The number of hydrogen-bond donors (Lipinski definition) is 1. The molecular weight excluding hydrogens is 308 g/mol. The molecule has 1 aromatic heterocycles. The lowest BCUT2D eigenvalue weighted by Crippen LogP contribution is -2.45. The zero-order valence-electron chi connectivity index (χ0n) is 11.3. The van der Waals surface area contributed by atoms with Gasteiger partial charge in [0.2, 0.25) is 0 Å². The average Bonchev–Trinajstić information content (AvgIpc) is 3.20. The molecule has 0 aromatic carbocycles. The minimum Gasteiger partial charge on any atom is -0.308 e. The Bertz CT molecular complexity index is 540. The Kier molecular flexibility index (Phi) is 3.49. The first kappa shape index (κ1) is 13.3. The van der Waals surface area contributed by atoms with Gasteiger partial charge in [0.15, 0.2) is 0 Å². The van der Waals surface area contributed by atoms with Crippen molar-refractivity contribution in [3.05, 3.63) is 26.3 Å². The number of likely N-dealkylation sites (N-methyl/N-ethyl adjacent to an activating group) is 2. The van der Waals surface area contributed by atoms with E-state index in [1.165, 1.54) is 0 Å². The predicted octanol–water partition coefficient (Wildman–Crippen LogP) is 1.33. The van der Waals surface area contributed by atoms with E-state index in [1.807, 2.05) is 0 Å². The van der Waals surface area contributed by atoms with Crippen molar-refractivity contribution in [2.45, 2.75) is 24.8 Å². The summed E-state index contributed by atoms with van der Waals surface area (Å²) in [6.45, 7) is 2.97. The summed E-state index contributed by atoms with van der Waals surface area (Å²) >= 11 is 3.38. The van der Waals surface area contributed by atoms with Crippen molar-refractivity contribution in [2.24, 2.45) is 0 Å². The van der Waals surface area contributed by atoms with Crippen LogP contribution in [0.25, 0.3) is 0 Å². The largest absolute Gasteiger partial charge is 0.308 e. The standard InChI is InChI=1S/C13H19BrN4O/c1-17-5-6-18(2)9(7-17)12-15-11(8-3-4-8)10(14)13(19)16-12/h8-9H,3-7H2,1-2H3,(H,15,16,19). The molecule has 1 N–H and O–H groups in total. The fourth-order valence-electron chi connectivity index (χ4n) is 2.58. The van der Waals surface area contributed by atoms with Gasteiger partial charge in [0.05, 0.1) is 11.7 Å². The highest BCUT2D eigenvalue weighted by atomic mass is 79.9. The van der Waals surface area contributed by atoms with E-state index in [0.29, 0.717) is 10.4 Å². The van der Waals surface area contributed by atoms with Gasteiger partial charge >= 0.3 is 0 Å². The normalized spacial score (nSPS) is 25.7. The number of halogens is 1. The summed E-state index contributed by atoms with van der Waals surface area (Å²) in [6, 6.07) is 0.178. The van der Waals surface area contributed by atoms with Crippen LogP contribution in [-0.4, -0.2) is 53.5 Å². The Balaban J connectivity index is 1.97. The maximum Gasteiger partial charge on any atom is 0.265 e. The molecule has 6 heteroatoms. The molecule has 1 aliphatic carbocycles. The molecule has 2 heterocycles. The third-order valence-corrected chi connectivity index (χ3v) is 4.80. The molecule has 1 saturated heterocycles. The number of piperazine rings is 1. The van der Waals surface area contributed by atoms with Gasteiger partial charge in [-0.3, -0.25) is 9.69 Å². The molecule has 104 valence electrons. The highest BCUT2D eigenvalue weighted by Gasteiger charge is 2.31. The third-order valence-electron chi connectivity index (χ3n) is 4.04. The molecule has 0 amide bonds. The number of nitrogens with zero attached hydrogens (tertiary/aromatic N) is 3. The molecule has 1 aromatic rings. The SMILES string of the molecule is CN1CCN(C)C(c2nc(C3CC3)c(Br)c(=O)[nH]2)C1. The first-order valence-electron chi connectivity index (χ1n) is 6.74. The monoisotopic (exact) mass is 326 g/mol. The van der Waals surface area contributed by atoms with Crippen LogP contribution in [0.1, 0.15) is 36.3 Å². The number of hydrogen-bond acceptors (Lipinski definition) is 4. The second-order valence-electron chi connectivity index (χ2n) is 5.68. The van der Waals surface area contributed by atoms with Gasteiger partial charge in [0.25, 0.3) is 5.56 Å². The van der Waals surface area contributed by atoms with E-state index in [0.717, 1.165) is 44.0 Å². The van der Waals surface area contributed by atoms with Crippen LogP contribution in [0.4, 0.5) is 0 Å². The number of rotatable bonds is 2. The van der Waals surface area contributed by atoms with Gasteiger partial charge in [0.1, 0.15) is 10.3 Å². The maximum atomic E-state index is 12.0. The summed E-state index contributed by atoms with van der Waals surface area (Å²) < 4.78 is 0.616. The highest BCUT2D eigenvalue weighted by molar-refractivity contribution is 9.10. The first-order valence-corrected chi connectivity index (χ1v) is 7.54. The van der Waals surface area contributed by atoms with Gasteiger partial charge in [0, 0.05) is 25.6 Å². The molecule has 19 heavy (non-hydrogen) atoms. The van der Waals surface area contributed by atoms with Crippen LogP contribution in [0.15, 0.2) is 9.27 Å². The Morgan fingerprint density at radius 2 is 2.05 bits per heavy atom. The summed E-state index contributed by atoms with van der Waals surface area (Å²) in [5.74, 6) is 1.28. The van der Waals surface area contributed by atoms with Gasteiger partial charge in [-0.15, -0.1) is 0 Å². The number of aromatic amines is 1. The molecule has 0 radical (unpaired) electrons. The van der Waals surface area contributed by atoms with E-state index < -0.39 is 0 Å². The molecule has 2 aliphatic rings. The molecule has 0 bridgehead atoms. The molecule has 0 spiro atoms. The molecule has 1 unspecified atom stereocenters. The lowest BCUT2D eigenvalue weighted by molar-refractivity contribution is 0.109. The maximum absolute atomic E-state index is 12.0. The number of H-pyrrole nitrogens is 1. The minimum absolute atomic E-state index is 0.0477. The van der Waals surface area contributed by atoms with Gasteiger partial charge < -0.3 is 9.88 Å². The van der Waals surface area contributed by atoms with Crippen LogP contribution in [0.2, 0.25) is 0 Å². The Labute approximate surface area is 121 Å². The first-order chi connectivity index (χ1) is 9.06. The summed E-state index contributed by atoms with van der Waals surface area (Å²) in [7, 11) is 4.20. The van der Waals surface area contributed by atoms with E-state index in [2.05, 4.69) is 44.8 Å². The minimum atomic E-state index is -0.0477. The molecule has 3 rings (SSSR count). The van der Waals surface area contributed by atoms with Crippen molar-refractivity contribution >= 4 is 15.9 Å². The second kappa shape index (κ2) is 5.00. The van der Waals surface area contributed by atoms with Crippen LogP contribution in [0, 0.1) is 0 Å². The molecule has 5 nitrogen and oxygen atoms in total. The van der Waals surface area contributed by atoms with Crippen LogP contribution in [0.3, 0.4) is 0 Å². The average molecular weight is 327 g/mol. The number of aromatic nitrogens is 2. The van der Waals surface area contributed by atoms with Gasteiger partial charge in [-0.2, -0.15) is 0 Å². The molecular formula is C13H19BrN4O. The van der Waals surface area contributed by atoms with Crippen LogP contribution >= 0.6 is 15.9 Å². The lowest BCUT2D eigenvalue weighted by atomic mass is 10.1. The Morgan fingerprint density at radius 1 is 1.32 bits per heavy atom. The van der Waals surface area contributed by atoms with Gasteiger partial charge in [-0.25, -0.2) is 4.98 Å². The van der Waals surface area contributed by atoms with Crippen molar-refractivity contribution in [1.82, 2.24) is 19.8 Å². The van der Waals surface area contributed by atoms with Crippen molar-refractivity contribution in [2.75, 3.05) is 33.7 Å². The van der Waals surface area contributed by atoms with Gasteiger partial charge in [-0.05, 0) is 42.9 Å². The van der Waals surface area contributed by atoms with E-state index in [-0.39, 0.29) is 11.6 Å². The molecule has 2 fully saturated rings. The molecule has 1 atom stereocenters. The highest BCUT2D eigenvalue weighted by Crippen LogP contribution is 2.41. The van der Waals surface area contributed by atoms with Crippen molar-refractivity contribution in [1.29, 1.82) is 0 Å². The zero-order chi connectivity index (χ0) is 13.6. The van der Waals surface area contributed by atoms with Crippen LogP contribution < -0.4 is 5.56 Å². The van der Waals surface area contributed by atoms with Gasteiger partial charge in [-0.1, -0.05) is 0 Å². The smallest absolute Gasteiger partial charge is 0.265 e. The van der Waals surface area contributed by atoms with E-state index in [4.69, 9.17) is 4.98 Å². The Hall–Kier alpha value is -0.720. The van der Waals surface area contributed by atoms with Crippen molar-refractivity contribution in [3.63, 3.8) is 0 Å². The fourth-order valence-corrected chi connectivity index (χ4v) is 3.10. The predicted molar refractivity (Wildman–Crippen MR) is 77.4 cm³/mol. The van der Waals surface area contributed by atoms with Crippen molar-refractivity contribution < 1.29 is 0 Å². The Morgan fingerprint density at radius 3 is 2.74 bits per heavy atom.